The first-order valence-electron chi connectivity index (χ1n) is 4.98. The summed E-state index contributed by atoms with van der Waals surface area (Å²) in [5.74, 6) is 0. The first-order valence-corrected chi connectivity index (χ1v) is 5.74. The summed E-state index contributed by atoms with van der Waals surface area (Å²) in [5, 5.41) is 9.97. The van der Waals surface area contributed by atoms with Crippen molar-refractivity contribution in [3.63, 3.8) is 0 Å². The van der Waals surface area contributed by atoms with Gasteiger partial charge < -0.3 is 0 Å². The smallest absolute Gasteiger partial charge is 0.0781 e. The van der Waals surface area contributed by atoms with Gasteiger partial charge in [0.15, 0.2) is 0 Å². The Morgan fingerprint density at radius 3 is 2.76 bits per heavy atom. The van der Waals surface area contributed by atoms with Gasteiger partial charge in [-0.05, 0) is 24.3 Å². The molecule has 1 aromatic carbocycles. The molecule has 0 N–H and O–H groups in total. The average molecular weight is 263 g/mol. The van der Waals surface area contributed by atoms with Crippen molar-refractivity contribution in [2.24, 2.45) is 0 Å². The average Bonchev–Trinajstić information content (AvgIpc) is 2.34. The topological polar surface area (TPSA) is 36.7 Å². The predicted octanol–water partition coefficient (Wildman–Crippen LogP) is 4.12. The molecule has 0 aliphatic carbocycles. The zero-order chi connectivity index (χ0) is 12.3. The second-order valence-electron chi connectivity index (χ2n) is 3.46. The minimum absolute atomic E-state index is 0.249. The number of hydrogen-bond donors (Lipinski definition) is 0. The van der Waals surface area contributed by atoms with E-state index in [1.807, 2.05) is 12.1 Å². The van der Waals surface area contributed by atoms with E-state index in [1.54, 1.807) is 24.4 Å². The number of benzene rings is 1. The fourth-order valence-corrected chi connectivity index (χ4v) is 1.99. The van der Waals surface area contributed by atoms with Crippen LogP contribution < -0.4 is 0 Å². The van der Waals surface area contributed by atoms with E-state index in [2.05, 4.69) is 11.1 Å². The van der Waals surface area contributed by atoms with Gasteiger partial charge in [0.2, 0.25) is 0 Å². The minimum atomic E-state index is 0.249. The third-order valence-electron chi connectivity index (χ3n) is 2.36. The van der Waals surface area contributed by atoms with Crippen LogP contribution >= 0.6 is 23.2 Å². The van der Waals surface area contributed by atoms with Gasteiger partial charge in [-0.15, -0.1) is 0 Å². The van der Waals surface area contributed by atoms with Gasteiger partial charge in [-0.1, -0.05) is 29.3 Å². The lowest BCUT2D eigenvalue weighted by atomic mass is 10.0. The Morgan fingerprint density at radius 1 is 1.18 bits per heavy atom. The molecule has 0 amide bonds. The van der Waals surface area contributed by atoms with Crippen LogP contribution in [0.15, 0.2) is 36.5 Å². The molecule has 0 radical (unpaired) electrons. The van der Waals surface area contributed by atoms with Crippen LogP contribution in [-0.4, -0.2) is 4.98 Å². The number of rotatable bonds is 2. The normalized spacial score (nSPS) is 9.94. The van der Waals surface area contributed by atoms with Crippen molar-refractivity contribution in [3.05, 3.63) is 52.3 Å². The fraction of sp³-hybridized carbons (Fsp3) is 0.0769. The zero-order valence-corrected chi connectivity index (χ0v) is 10.3. The molecule has 1 heterocycles. The van der Waals surface area contributed by atoms with Crippen LogP contribution in [0.5, 0.6) is 0 Å². The van der Waals surface area contributed by atoms with Crippen molar-refractivity contribution < 1.29 is 0 Å². The number of nitriles is 1. The molecule has 84 valence electrons. The second kappa shape index (κ2) is 5.18. The highest BCUT2D eigenvalue weighted by atomic mass is 35.5. The molecular formula is C13H8Cl2N2. The summed E-state index contributed by atoms with van der Waals surface area (Å²) in [4.78, 5) is 4.19. The monoisotopic (exact) mass is 262 g/mol. The first-order chi connectivity index (χ1) is 8.22. The molecule has 0 aliphatic rings. The van der Waals surface area contributed by atoms with E-state index in [0.717, 1.165) is 11.1 Å². The van der Waals surface area contributed by atoms with Gasteiger partial charge in [-0.3, -0.25) is 4.98 Å². The van der Waals surface area contributed by atoms with Gasteiger partial charge in [-0.25, -0.2) is 0 Å². The van der Waals surface area contributed by atoms with E-state index < -0.39 is 0 Å². The molecule has 2 rings (SSSR count). The Balaban J connectivity index is 2.60. The Labute approximate surface area is 109 Å². The summed E-state index contributed by atoms with van der Waals surface area (Å²) in [5.41, 5.74) is 2.36. The molecule has 0 spiro atoms. The highest BCUT2D eigenvalue weighted by Crippen LogP contribution is 2.32. The molecule has 2 nitrogen and oxygen atoms in total. The van der Waals surface area contributed by atoms with Crippen LogP contribution in [-0.2, 0) is 6.42 Å². The molecular weight excluding hydrogens is 255 g/mol. The maximum absolute atomic E-state index is 8.77. The van der Waals surface area contributed by atoms with Gasteiger partial charge in [-0.2, -0.15) is 5.26 Å². The zero-order valence-electron chi connectivity index (χ0n) is 8.82. The lowest BCUT2D eigenvalue weighted by Gasteiger charge is -2.08. The van der Waals surface area contributed by atoms with E-state index in [0.29, 0.717) is 15.7 Å². The van der Waals surface area contributed by atoms with Crippen molar-refractivity contribution in [1.29, 1.82) is 5.26 Å². The van der Waals surface area contributed by atoms with Crippen molar-refractivity contribution in [3.8, 4) is 17.2 Å². The molecule has 1 aromatic heterocycles. The summed E-state index contributed by atoms with van der Waals surface area (Å²) in [6, 6.07) is 11.0. The van der Waals surface area contributed by atoms with E-state index in [4.69, 9.17) is 28.5 Å². The Bertz CT molecular complexity index is 588. The molecule has 0 bridgehead atoms. The third-order valence-corrected chi connectivity index (χ3v) is 2.92. The first kappa shape index (κ1) is 11.9. The maximum Gasteiger partial charge on any atom is 0.0781 e. The third kappa shape index (κ3) is 2.58. The summed E-state index contributed by atoms with van der Waals surface area (Å²) in [6.45, 7) is 0. The number of hydrogen-bond acceptors (Lipinski definition) is 2. The molecule has 4 heteroatoms. The highest BCUT2D eigenvalue weighted by Gasteiger charge is 2.09. The van der Waals surface area contributed by atoms with E-state index in [1.165, 1.54) is 0 Å². The number of nitrogens with zero attached hydrogens (tertiary/aromatic N) is 2. The van der Waals surface area contributed by atoms with Gasteiger partial charge >= 0.3 is 0 Å². The molecule has 2 aromatic rings. The van der Waals surface area contributed by atoms with Crippen molar-refractivity contribution in [1.82, 2.24) is 4.98 Å². The fourth-order valence-electron chi connectivity index (χ4n) is 1.60. The van der Waals surface area contributed by atoms with E-state index >= 15 is 0 Å². The SMILES string of the molecule is N#CCc1ncccc1-c1cc(Cl)ccc1Cl. The highest BCUT2D eigenvalue weighted by molar-refractivity contribution is 6.35. The van der Waals surface area contributed by atoms with Crippen molar-refractivity contribution in [2.45, 2.75) is 6.42 Å². The van der Waals surface area contributed by atoms with Gasteiger partial charge in [0, 0.05) is 27.4 Å². The molecule has 0 saturated heterocycles. The maximum atomic E-state index is 8.77. The van der Waals surface area contributed by atoms with Crippen molar-refractivity contribution >= 4 is 23.2 Å². The van der Waals surface area contributed by atoms with Gasteiger partial charge in [0.25, 0.3) is 0 Å². The minimum Gasteiger partial charge on any atom is -0.260 e. The standard InChI is InChI=1S/C13H8Cl2N2/c14-9-3-4-12(15)11(8-9)10-2-1-7-17-13(10)5-6-16/h1-4,7-8H,5H2. The summed E-state index contributed by atoms with van der Waals surface area (Å²) >= 11 is 12.1. The van der Waals surface area contributed by atoms with Crippen LogP contribution in [0.2, 0.25) is 10.0 Å². The van der Waals surface area contributed by atoms with Gasteiger partial charge in [0.1, 0.15) is 0 Å². The lowest BCUT2D eigenvalue weighted by Crippen LogP contribution is -1.92. The summed E-state index contributed by atoms with van der Waals surface area (Å²) in [7, 11) is 0. The summed E-state index contributed by atoms with van der Waals surface area (Å²) < 4.78 is 0. The second-order valence-corrected chi connectivity index (χ2v) is 4.30. The van der Waals surface area contributed by atoms with Crippen LogP contribution in [0, 0.1) is 11.3 Å². The van der Waals surface area contributed by atoms with Crippen LogP contribution in [0.3, 0.4) is 0 Å². The molecule has 0 unspecified atom stereocenters. The van der Waals surface area contributed by atoms with E-state index in [-0.39, 0.29) is 6.42 Å². The Kier molecular flexibility index (Phi) is 3.63. The number of pyridine rings is 1. The lowest BCUT2D eigenvalue weighted by molar-refractivity contribution is 1.12. The molecule has 17 heavy (non-hydrogen) atoms. The Morgan fingerprint density at radius 2 is 2.00 bits per heavy atom. The van der Waals surface area contributed by atoms with Crippen LogP contribution in [0.25, 0.3) is 11.1 Å². The molecule has 0 saturated carbocycles. The Hall–Kier alpha value is -1.56. The van der Waals surface area contributed by atoms with Crippen molar-refractivity contribution in [2.75, 3.05) is 0 Å². The molecule has 0 aliphatic heterocycles. The predicted molar refractivity (Wildman–Crippen MR) is 69.0 cm³/mol. The summed E-state index contributed by atoms with van der Waals surface area (Å²) in [6.07, 6.45) is 1.91. The largest absolute Gasteiger partial charge is 0.260 e. The number of aromatic nitrogens is 1. The van der Waals surface area contributed by atoms with E-state index in [9.17, 15) is 0 Å². The molecule has 0 fully saturated rings. The van der Waals surface area contributed by atoms with Crippen LogP contribution in [0.1, 0.15) is 5.69 Å². The number of halogens is 2. The van der Waals surface area contributed by atoms with Gasteiger partial charge in [0.05, 0.1) is 18.2 Å². The molecule has 0 atom stereocenters. The quantitative estimate of drug-likeness (QED) is 0.817. The van der Waals surface area contributed by atoms with Crippen LogP contribution in [0.4, 0.5) is 0 Å².